The van der Waals surface area contributed by atoms with Crippen LogP contribution in [0.5, 0.6) is 0 Å². The van der Waals surface area contributed by atoms with E-state index >= 15 is 0 Å². The molecule has 2 aromatic rings. The van der Waals surface area contributed by atoms with Gasteiger partial charge in [0.25, 0.3) is 5.91 Å². The maximum atomic E-state index is 12.5. The van der Waals surface area contributed by atoms with Gasteiger partial charge in [-0.1, -0.05) is 0 Å². The van der Waals surface area contributed by atoms with E-state index in [-0.39, 0.29) is 11.4 Å². The van der Waals surface area contributed by atoms with Gasteiger partial charge in [-0.25, -0.2) is 0 Å². The van der Waals surface area contributed by atoms with Gasteiger partial charge < -0.3 is 11.1 Å². The molecule has 0 aliphatic heterocycles. The highest BCUT2D eigenvalue weighted by molar-refractivity contribution is 9.12. The lowest BCUT2D eigenvalue weighted by atomic mass is 10.1. The summed E-state index contributed by atoms with van der Waals surface area (Å²) in [5.74, 6) is -0.463. The number of halogens is 5. The van der Waals surface area contributed by atoms with E-state index in [1.54, 1.807) is 6.07 Å². The molecule has 0 saturated heterocycles. The van der Waals surface area contributed by atoms with Crippen LogP contribution in [-0.2, 0) is 6.18 Å². The van der Waals surface area contributed by atoms with Gasteiger partial charge in [-0.05, 0) is 56.1 Å². The van der Waals surface area contributed by atoms with Gasteiger partial charge >= 0.3 is 6.18 Å². The van der Waals surface area contributed by atoms with Gasteiger partial charge in [0.15, 0.2) is 0 Å². The summed E-state index contributed by atoms with van der Waals surface area (Å²) in [7, 11) is 0. The third kappa shape index (κ3) is 3.78. The van der Waals surface area contributed by atoms with Crippen LogP contribution in [0.25, 0.3) is 0 Å². The van der Waals surface area contributed by atoms with Crippen LogP contribution in [0.3, 0.4) is 0 Å². The standard InChI is InChI=1S/C12H7Br2F3N2OS/c13-9-4-6(10(14)21-9)11(20)19-8-2-1-5(3-7(8)18)12(15,16)17/h1-4H,18H2,(H,19,20). The molecule has 3 N–H and O–H groups in total. The second-order valence-corrected chi connectivity index (χ2v) is 7.74. The maximum absolute atomic E-state index is 12.5. The van der Waals surface area contributed by atoms with Crippen molar-refractivity contribution < 1.29 is 18.0 Å². The molecule has 9 heteroatoms. The third-order valence-electron chi connectivity index (χ3n) is 2.53. The van der Waals surface area contributed by atoms with Crippen molar-refractivity contribution in [3.8, 4) is 0 Å². The quantitative estimate of drug-likeness (QED) is 0.632. The average molecular weight is 444 g/mol. The number of rotatable bonds is 2. The van der Waals surface area contributed by atoms with Crippen LogP contribution in [0.15, 0.2) is 31.8 Å². The van der Waals surface area contributed by atoms with Crippen LogP contribution in [-0.4, -0.2) is 5.91 Å². The van der Waals surface area contributed by atoms with Gasteiger partial charge in [-0.2, -0.15) is 13.2 Å². The molecule has 0 atom stereocenters. The van der Waals surface area contributed by atoms with Gasteiger partial charge in [0.2, 0.25) is 0 Å². The van der Waals surface area contributed by atoms with E-state index in [9.17, 15) is 18.0 Å². The first-order chi connectivity index (χ1) is 9.68. The van der Waals surface area contributed by atoms with Crippen molar-refractivity contribution in [2.75, 3.05) is 11.1 Å². The number of nitrogens with one attached hydrogen (secondary N) is 1. The van der Waals surface area contributed by atoms with Crippen LogP contribution < -0.4 is 11.1 Å². The Morgan fingerprint density at radius 2 is 1.90 bits per heavy atom. The van der Waals surface area contributed by atoms with E-state index in [0.29, 0.717) is 9.35 Å². The number of benzene rings is 1. The third-order valence-corrected chi connectivity index (χ3v) is 4.87. The number of amides is 1. The van der Waals surface area contributed by atoms with Gasteiger partial charge in [-0.15, -0.1) is 11.3 Å². The minimum Gasteiger partial charge on any atom is -0.397 e. The minimum atomic E-state index is -4.47. The van der Waals surface area contributed by atoms with E-state index in [2.05, 4.69) is 37.2 Å². The number of hydrogen-bond acceptors (Lipinski definition) is 3. The fourth-order valence-electron chi connectivity index (χ4n) is 1.54. The van der Waals surface area contributed by atoms with Crippen LogP contribution in [0, 0.1) is 0 Å². The maximum Gasteiger partial charge on any atom is 0.416 e. The molecule has 1 aromatic carbocycles. The Kier molecular flexibility index (Phi) is 4.64. The van der Waals surface area contributed by atoms with E-state index < -0.39 is 17.6 Å². The molecule has 1 aromatic heterocycles. The smallest absolute Gasteiger partial charge is 0.397 e. The van der Waals surface area contributed by atoms with Crippen LogP contribution in [0.2, 0.25) is 0 Å². The van der Waals surface area contributed by atoms with Gasteiger partial charge in [0.1, 0.15) is 0 Å². The fraction of sp³-hybridized carbons (Fsp3) is 0.0833. The Bertz CT molecular complexity index is 700. The molecule has 1 amide bonds. The number of anilines is 2. The molecule has 0 unspecified atom stereocenters. The second kappa shape index (κ2) is 5.98. The van der Waals surface area contributed by atoms with Gasteiger partial charge in [-0.3, -0.25) is 4.79 Å². The molecule has 0 aliphatic carbocycles. The zero-order valence-corrected chi connectivity index (χ0v) is 14.1. The second-order valence-electron chi connectivity index (χ2n) is 3.99. The Hall–Kier alpha value is -1.06. The number of thiophene rings is 1. The first-order valence-corrected chi connectivity index (χ1v) is 7.81. The Labute approximate surface area is 138 Å². The van der Waals surface area contributed by atoms with Crippen molar-refractivity contribution >= 4 is 60.5 Å². The first kappa shape index (κ1) is 16.3. The molecule has 0 bridgehead atoms. The average Bonchev–Trinajstić information content (AvgIpc) is 2.69. The molecular weight excluding hydrogens is 437 g/mol. The first-order valence-electron chi connectivity index (χ1n) is 5.41. The van der Waals surface area contributed by atoms with Gasteiger partial charge in [0.05, 0.1) is 30.1 Å². The van der Waals surface area contributed by atoms with Crippen molar-refractivity contribution in [1.82, 2.24) is 0 Å². The summed E-state index contributed by atoms with van der Waals surface area (Å²) in [5, 5.41) is 2.48. The minimum absolute atomic E-state index is 0.127. The van der Waals surface area contributed by atoms with Crippen LogP contribution in [0.1, 0.15) is 15.9 Å². The summed E-state index contributed by atoms with van der Waals surface area (Å²) < 4.78 is 38.9. The van der Waals surface area contributed by atoms with E-state index in [1.807, 2.05) is 0 Å². The zero-order chi connectivity index (χ0) is 15.8. The largest absolute Gasteiger partial charge is 0.416 e. The molecule has 0 fully saturated rings. The van der Waals surface area contributed by atoms with Crippen LogP contribution >= 0.6 is 43.2 Å². The lowest BCUT2D eigenvalue weighted by Gasteiger charge is -2.11. The highest BCUT2D eigenvalue weighted by Crippen LogP contribution is 2.34. The molecule has 0 aliphatic rings. The molecule has 0 saturated carbocycles. The number of alkyl halides is 3. The monoisotopic (exact) mass is 442 g/mol. The van der Waals surface area contributed by atoms with Crippen molar-refractivity contribution in [3.05, 3.63) is 43.0 Å². The van der Waals surface area contributed by atoms with Crippen molar-refractivity contribution in [2.45, 2.75) is 6.18 Å². The highest BCUT2D eigenvalue weighted by Gasteiger charge is 2.31. The number of nitrogen functional groups attached to an aromatic ring is 1. The summed E-state index contributed by atoms with van der Waals surface area (Å²) in [6.07, 6.45) is -4.47. The molecule has 112 valence electrons. The predicted molar refractivity (Wildman–Crippen MR) is 83.5 cm³/mol. The number of carbonyl (C=O) groups excluding carboxylic acids is 1. The number of hydrogen-bond donors (Lipinski definition) is 2. The SMILES string of the molecule is Nc1cc(C(F)(F)F)ccc1NC(=O)c1cc(Br)sc1Br. The molecule has 2 rings (SSSR count). The summed E-state index contributed by atoms with van der Waals surface area (Å²) in [6.45, 7) is 0. The van der Waals surface area contributed by atoms with E-state index in [4.69, 9.17) is 5.73 Å². The summed E-state index contributed by atoms with van der Waals surface area (Å²) >= 11 is 7.79. The number of nitrogens with two attached hydrogens (primary N) is 1. The normalized spacial score (nSPS) is 11.5. The molecule has 0 spiro atoms. The molecule has 3 nitrogen and oxygen atoms in total. The van der Waals surface area contributed by atoms with Crippen LogP contribution in [0.4, 0.5) is 24.5 Å². The summed E-state index contributed by atoms with van der Waals surface area (Å²) in [6, 6.07) is 4.38. The van der Waals surface area contributed by atoms with Crippen molar-refractivity contribution in [2.24, 2.45) is 0 Å². The fourth-order valence-corrected chi connectivity index (χ4v) is 4.33. The molecule has 0 radical (unpaired) electrons. The Morgan fingerprint density at radius 3 is 2.38 bits per heavy atom. The Morgan fingerprint density at radius 1 is 1.24 bits per heavy atom. The zero-order valence-electron chi connectivity index (χ0n) is 10.1. The highest BCUT2D eigenvalue weighted by atomic mass is 79.9. The lowest BCUT2D eigenvalue weighted by molar-refractivity contribution is -0.137. The molecular formula is C12H7Br2F3N2OS. The summed E-state index contributed by atoms with van der Waals surface area (Å²) in [4.78, 5) is 12.0. The summed E-state index contributed by atoms with van der Waals surface area (Å²) in [5.41, 5.74) is 5.04. The predicted octanol–water partition coefficient (Wildman–Crippen LogP) is 5.13. The van der Waals surface area contributed by atoms with Crippen molar-refractivity contribution in [3.63, 3.8) is 0 Å². The lowest BCUT2D eigenvalue weighted by Crippen LogP contribution is -2.14. The van der Waals surface area contributed by atoms with E-state index in [0.717, 1.165) is 22.0 Å². The van der Waals surface area contributed by atoms with Crippen molar-refractivity contribution in [1.29, 1.82) is 0 Å². The number of carbonyl (C=O) groups is 1. The van der Waals surface area contributed by atoms with E-state index in [1.165, 1.54) is 11.3 Å². The molecule has 1 heterocycles. The topological polar surface area (TPSA) is 55.1 Å². The van der Waals surface area contributed by atoms with Gasteiger partial charge in [0, 0.05) is 0 Å². The molecule has 21 heavy (non-hydrogen) atoms. The Balaban J connectivity index is 2.24.